The monoisotopic (exact) mass is 331 g/mol. The van der Waals surface area contributed by atoms with E-state index < -0.39 is 27.0 Å². The lowest BCUT2D eigenvalue weighted by Crippen LogP contribution is -2.25. The van der Waals surface area contributed by atoms with E-state index in [2.05, 4.69) is 9.46 Å². The second kappa shape index (κ2) is 6.37. The van der Waals surface area contributed by atoms with Gasteiger partial charge in [0.15, 0.2) is 0 Å². The number of benzene rings is 2. The van der Waals surface area contributed by atoms with Gasteiger partial charge in [-0.3, -0.25) is 0 Å². The summed E-state index contributed by atoms with van der Waals surface area (Å²) in [6.45, 7) is -0.0382. The summed E-state index contributed by atoms with van der Waals surface area (Å²) >= 11 is 0. The molecule has 1 N–H and O–H groups in total. The molecule has 0 atom stereocenters. The molecule has 0 radical (unpaired) electrons. The number of hydrogen-bond acceptors (Lipinski definition) is 3. The number of alkyl halides is 3. The minimum atomic E-state index is -4.97. The van der Waals surface area contributed by atoms with Gasteiger partial charge >= 0.3 is 6.36 Å². The van der Waals surface area contributed by atoms with Gasteiger partial charge in [0.25, 0.3) is 0 Å². The first-order valence-corrected chi connectivity index (χ1v) is 7.65. The molecule has 0 aliphatic rings. The minimum absolute atomic E-state index is 0.0382. The van der Waals surface area contributed by atoms with Crippen LogP contribution in [0.25, 0.3) is 0 Å². The van der Waals surface area contributed by atoms with Gasteiger partial charge in [0, 0.05) is 6.54 Å². The molecule has 0 saturated heterocycles. The molecule has 0 unspecified atom stereocenters. The molecule has 0 amide bonds. The van der Waals surface area contributed by atoms with Crippen LogP contribution in [0.5, 0.6) is 5.75 Å². The van der Waals surface area contributed by atoms with Gasteiger partial charge in [-0.25, -0.2) is 13.1 Å². The topological polar surface area (TPSA) is 55.4 Å². The van der Waals surface area contributed by atoms with E-state index in [9.17, 15) is 21.6 Å². The van der Waals surface area contributed by atoms with Gasteiger partial charge in [-0.15, -0.1) is 13.2 Å². The highest BCUT2D eigenvalue weighted by Gasteiger charge is 2.33. The molecule has 0 bridgehead atoms. The number of sulfonamides is 1. The number of hydrogen-bond donors (Lipinski definition) is 1. The van der Waals surface area contributed by atoms with E-state index in [1.807, 2.05) is 0 Å². The molecule has 0 aliphatic carbocycles. The quantitative estimate of drug-likeness (QED) is 0.916. The number of halogens is 3. The van der Waals surface area contributed by atoms with Crippen molar-refractivity contribution in [2.45, 2.75) is 17.8 Å². The summed E-state index contributed by atoms with van der Waals surface area (Å²) in [7, 11) is -4.14. The van der Waals surface area contributed by atoms with Crippen molar-refractivity contribution in [1.82, 2.24) is 4.72 Å². The van der Waals surface area contributed by atoms with Crippen LogP contribution in [0.2, 0.25) is 0 Å². The second-order valence-electron chi connectivity index (χ2n) is 4.30. The maximum atomic E-state index is 12.3. The van der Waals surface area contributed by atoms with Crippen LogP contribution in [0.1, 0.15) is 5.56 Å². The van der Waals surface area contributed by atoms with Crippen molar-refractivity contribution in [2.75, 3.05) is 0 Å². The molecule has 2 aromatic carbocycles. The first kappa shape index (κ1) is 16.3. The van der Waals surface area contributed by atoms with E-state index in [-0.39, 0.29) is 6.54 Å². The lowest BCUT2D eigenvalue weighted by molar-refractivity contribution is -0.275. The van der Waals surface area contributed by atoms with Gasteiger partial charge in [0.2, 0.25) is 10.0 Å². The van der Waals surface area contributed by atoms with Crippen molar-refractivity contribution in [3.63, 3.8) is 0 Å². The minimum Gasteiger partial charge on any atom is -0.404 e. The van der Waals surface area contributed by atoms with Gasteiger partial charge in [0.05, 0.1) is 0 Å². The normalized spacial score (nSPS) is 12.1. The number of ether oxygens (including phenoxy) is 1. The third-order valence-electron chi connectivity index (χ3n) is 2.67. The second-order valence-corrected chi connectivity index (χ2v) is 6.04. The fraction of sp³-hybridized carbons (Fsp3) is 0.143. The Kier molecular flexibility index (Phi) is 4.72. The lowest BCUT2D eigenvalue weighted by atomic mass is 10.2. The summed E-state index contributed by atoms with van der Waals surface area (Å²) in [6.07, 6.45) is -4.97. The van der Waals surface area contributed by atoms with Crippen molar-refractivity contribution in [2.24, 2.45) is 0 Å². The Morgan fingerprint density at radius 2 is 1.55 bits per heavy atom. The Balaban J connectivity index is 2.22. The standard InChI is InChI=1S/C14H12F3NO3S/c15-14(16,17)21-12-8-4-5-9-13(12)22(19,20)18-10-11-6-2-1-3-7-11/h1-9,18H,10H2. The average Bonchev–Trinajstić information content (AvgIpc) is 2.45. The zero-order chi connectivity index (χ0) is 16.2. The third kappa shape index (κ3) is 4.47. The molecule has 8 heteroatoms. The van der Waals surface area contributed by atoms with E-state index in [0.717, 1.165) is 12.1 Å². The van der Waals surface area contributed by atoms with Crippen LogP contribution < -0.4 is 9.46 Å². The molecule has 118 valence electrons. The van der Waals surface area contributed by atoms with E-state index >= 15 is 0 Å². The zero-order valence-electron chi connectivity index (χ0n) is 11.2. The smallest absolute Gasteiger partial charge is 0.404 e. The van der Waals surface area contributed by atoms with Crippen LogP contribution in [0.4, 0.5) is 13.2 Å². The van der Waals surface area contributed by atoms with E-state index in [4.69, 9.17) is 0 Å². The Labute approximate surface area is 125 Å². The molecular weight excluding hydrogens is 319 g/mol. The number of nitrogens with one attached hydrogen (secondary N) is 1. The van der Waals surface area contributed by atoms with Crippen molar-refractivity contribution < 1.29 is 26.3 Å². The maximum absolute atomic E-state index is 12.3. The number of para-hydroxylation sites is 1. The molecule has 0 heterocycles. The predicted octanol–water partition coefficient (Wildman–Crippen LogP) is 3.06. The Bertz CT molecular complexity index is 730. The highest BCUT2D eigenvalue weighted by atomic mass is 32.2. The van der Waals surface area contributed by atoms with Crippen LogP contribution in [0.3, 0.4) is 0 Å². The Hall–Kier alpha value is -2.06. The van der Waals surface area contributed by atoms with Crippen LogP contribution >= 0.6 is 0 Å². The Morgan fingerprint density at radius 1 is 0.955 bits per heavy atom. The maximum Gasteiger partial charge on any atom is 0.573 e. The van der Waals surface area contributed by atoms with Crippen molar-refractivity contribution >= 4 is 10.0 Å². The molecule has 0 aliphatic heterocycles. The molecule has 22 heavy (non-hydrogen) atoms. The lowest BCUT2D eigenvalue weighted by Gasteiger charge is -2.14. The van der Waals surface area contributed by atoms with Crippen LogP contribution in [-0.4, -0.2) is 14.8 Å². The first-order valence-electron chi connectivity index (χ1n) is 6.16. The summed E-state index contributed by atoms with van der Waals surface area (Å²) in [5, 5.41) is 0. The van der Waals surface area contributed by atoms with Crippen LogP contribution in [-0.2, 0) is 16.6 Å². The summed E-state index contributed by atoms with van der Waals surface area (Å²) in [5.74, 6) is -0.768. The fourth-order valence-corrected chi connectivity index (χ4v) is 2.88. The first-order chi connectivity index (χ1) is 10.3. The Morgan fingerprint density at radius 3 is 2.18 bits per heavy atom. The van der Waals surface area contributed by atoms with E-state index in [0.29, 0.717) is 5.56 Å². The van der Waals surface area contributed by atoms with Gasteiger partial charge in [-0.2, -0.15) is 0 Å². The molecule has 0 spiro atoms. The van der Waals surface area contributed by atoms with Crippen LogP contribution in [0.15, 0.2) is 59.5 Å². The molecular formula is C14H12F3NO3S. The molecule has 0 saturated carbocycles. The molecule has 2 rings (SSSR count). The van der Waals surface area contributed by atoms with Gasteiger partial charge in [-0.1, -0.05) is 42.5 Å². The summed E-state index contributed by atoms with van der Waals surface area (Å²) in [4.78, 5) is -0.566. The molecule has 4 nitrogen and oxygen atoms in total. The molecule has 0 aromatic heterocycles. The zero-order valence-corrected chi connectivity index (χ0v) is 12.0. The molecule has 0 fully saturated rings. The highest BCUT2D eigenvalue weighted by molar-refractivity contribution is 7.89. The molecule has 2 aromatic rings. The van der Waals surface area contributed by atoms with Gasteiger partial charge in [-0.05, 0) is 17.7 Å². The van der Waals surface area contributed by atoms with Crippen molar-refractivity contribution in [1.29, 1.82) is 0 Å². The number of rotatable bonds is 5. The SMILES string of the molecule is O=S(=O)(NCc1ccccc1)c1ccccc1OC(F)(F)F. The third-order valence-corrected chi connectivity index (χ3v) is 4.11. The fourth-order valence-electron chi connectivity index (χ4n) is 1.73. The van der Waals surface area contributed by atoms with Gasteiger partial charge in [0.1, 0.15) is 10.6 Å². The van der Waals surface area contributed by atoms with E-state index in [1.54, 1.807) is 30.3 Å². The summed E-state index contributed by atoms with van der Waals surface area (Å²) < 4.78 is 67.3. The largest absolute Gasteiger partial charge is 0.573 e. The van der Waals surface area contributed by atoms with Crippen LogP contribution in [0, 0.1) is 0 Å². The predicted molar refractivity (Wildman–Crippen MR) is 73.6 cm³/mol. The average molecular weight is 331 g/mol. The van der Waals surface area contributed by atoms with Gasteiger partial charge < -0.3 is 4.74 Å². The van der Waals surface area contributed by atoms with Crippen molar-refractivity contribution in [3.8, 4) is 5.75 Å². The highest BCUT2D eigenvalue weighted by Crippen LogP contribution is 2.29. The van der Waals surface area contributed by atoms with Crippen molar-refractivity contribution in [3.05, 3.63) is 60.2 Å². The summed E-state index contributed by atoms with van der Waals surface area (Å²) in [6, 6.07) is 13.2. The van der Waals surface area contributed by atoms with E-state index in [1.165, 1.54) is 12.1 Å². The summed E-state index contributed by atoms with van der Waals surface area (Å²) in [5.41, 5.74) is 0.681.